The second-order valence-electron chi connectivity index (χ2n) is 7.76. The monoisotopic (exact) mass is 462 g/mol. The molecule has 2 aromatic rings. The highest BCUT2D eigenvalue weighted by atomic mass is 16.7. The smallest absolute Gasteiger partial charge is 0.229 e. The third-order valence-electron chi connectivity index (χ3n) is 5.88. The van der Waals surface area contributed by atoms with Crippen molar-refractivity contribution in [3.63, 3.8) is 0 Å². The molecular formula is C22H22O11. The lowest BCUT2D eigenvalue weighted by molar-refractivity contribution is -0.277. The summed E-state index contributed by atoms with van der Waals surface area (Å²) in [6.45, 7) is 0.717. The maximum absolute atomic E-state index is 13.4. The van der Waals surface area contributed by atoms with Gasteiger partial charge in [0.25, 0.3) is 0 Å². The molecule has 11 nitrogen and oxygen atoms in total. The molecule has 2 aromatic carbocycles. The highest BCUT2D eigenvalue weighted by Crippen LogP contribution is 2.47. The molecule has 1 saturated heterocycles. The molecular weight excluding hydrogens is 440 g/mol. The summed E-state index contributed by atoms with van der Waals surface area (Å²) in [5.41, 5.74) is -1.21. The summed E-state index contributed by atoms with van der Waals surface area (Å²) < 4.78 is 16.0. The Hall–Kier alpha value is -3.22. The van der Waals surface area contributed by atoms with E-state index in [1.165, 1.54) is 32.2 Å². The molecule has 0 bridgehead atoms. The molecule has 0 spiro atoms. The minimum Gasteiger partial charge on any atom is -0.507 e. The van der Waals surface area contributed by atoms with Crippen LogP contribution in [0.25, 0.3) is 0 Å². The third-order valence-corrected chi connectivity index (χ3v) is 5.88. The van der Waals surface area contributed by atoms with Crippen molar-refractivity contribution in [2.24, 2.45) is 0 Å². The van der Waals surface area contributed by atoms with E-state index in [2.05, 4.69) is 0 Å². The number of carbonyl (C=O) groups excluding carboxylic acids is 2. The van der Waals surface area contributed by atoms with E-state index in [9.17, 15) is 40.2 Å². The molecule has 0 saturated carbocycles. The van der Waals surface area contributed by atoms with Gasteiger partial charge in [-0.1, -0.05) is 12.1 Å². The molecule has 2 aliphatic rings. The van der Waals surface area contributed by atoms with Gasteiger partial charge in [0, 0.05) is 11.1 Å². The fourth-order valence-corrected chi connectivity index (χ4v) is 4.12. The van der Waals surface area contributed by atoms with Crippen molar-refractivity contribution in [3.8, 4) is 23.0 Å². The van der Waals surface area contributed by atoms with Gasteiger partial charge >= 0.3 is 0 Å². The number of hydrogen-bond acceptors (Lipinski definition) is 11. The van der Waals surface area contributed by atoms with Gasteiger partial charge in [-0.3, -0.25) is 9.59 Å². The Morgan fingerprint density at radius 2 is 1.61 bits per heavy atom. The maximum Gasteiger partial charge on any atom is 0.229 e. The lowest BCUT2D eigenvalue weighted by Gasteiger charge is -2.39. The first-order chi connectivity index (χ1) is 15.6. The zero-order valence-corrected chi connectivity index (χ0v) is 17.6. The molecule has 6 N–H and O–H groups in total. The number of ether oxygens (including phenoxy) is 3. The van der Waals surface area contributed by atoms with E-state index in [0.717, 1.165) is 0 Å². The van der Waals surface area contributed by atoms with Gasteiger partial charge in [-0.25, -0.2) is 0 Å². The summed E-state index contributed by atoms with van der Waals surface area (Å²) in [6, 6.07) is 4.02. The van der Waals surface area contributed by atoms with Crippen LogP contribution in [0.3, 0.4) is 0 Å². The number of ketones is 2. The number of aromatic hydroxyl groups is 2. The van der Waals surface area contributed by atoms with Crippen molar-refractivity contribution < 1.29 is 54.4 Å². The molecule has 1 fully saturated rings. The van der Waals surface area contributed by atoms with Gasteiger partial charge in [0.15, 0.2) is 17.3 Å². The predicted molar refractivity (Wildman–Crippen MR) is 109 cm³/mol. The highest BCUT2D eigenvalue weighted by molar-refractivity contribution is 6.31. The maximum atomic E-state index is 13.4. The van der Waals surface area contributed by atoms with E-state index in [1.807, 2.05) is 0 Å². The predicted octanol–water partition coefficient (Wildman–Crippen LogP) is -0.631. The van der Waals surface area contributed by atoms with E-state index in [4.69, 9.17) is 14.2 Å². The Morgan fingerprint density at radius 1 is 0.939 bits per heavy atom. The van der Waals surface area contributed by atoms with Crippen molar-refractivity contribution in [2.45, 2.75) is 37.6 Å². The van der Waals surface area contributed by atoms with Gasteiger partial charge in [0.2, 0.25) is 12.1 Å². The Kier molecular flexibility index (Phi) is 5.76. The number of hydrogen-bond donors (Lipinski definition) is 6. The van der Waals surface area contributed by atoms with Gasteiger partial charge in [0.05, 0.1) is 30.4 Å². The minimum absolute atomic E-state index is 0.0469. The Labute approximate surface area is 187 Å². The Balaban J connectivity index is 1.81. The minimum atomic E-state index is -1.75. The first kappa shape index (κ1) is 23.0. The van der Waals surface area contributed by atoms with E-state index < -0.39 is 71.5 Å². The number of phenols is 2. The first-order valence-corrected chi connectivity index (χ1v) is 9.96. The number of phenolic OH excluding ortho intramolecular Hbond substituents is 2. The molecule has 1 heterocycles. The molecule has 1 aliphatic carbocycles. The zero-order valence-electron chi connectivity index (χ0n) is 17.6. The molecule has 1 aliphatic heterocycles. The standard InChI is InChI=1S/C22H22O11/c1-7-14(24)12-13(18(28)21(7)31-2)15(25)8-4-3-5-9(11(8)17(12)27)32-22-20(30)19(29)16(26)10(6-23)33-22/h3-5,10,16,19-20,22-24,26,28-30H,6H2,1-2H3. The molecule has 0 amide bonds. The van der Waals surface area contributed by atoms with E-state index >= 15 is 0 Å². The highest BCUT2D eigenvalue weighted by Gasteiger charge is 2.46. The summed E-state index contributed by atoms with van der Waals surface area (Å²) in [4.78, 5) is 26.6. The summed E-state index contributed by atoms with van der Waals surface area (Å²) >= 11 is 0. The zero-order chi connectivity index (χ0) is 24.2. The van der Waals surface area contributed by atoms with Crippen molar-refractivity contribution >= 4 is 11.6 Å². The number of aliphatic hydroxyl groups excluding tert-OH is 4. The van der Waals surface area contributed by atoms with Crippen LogP contribution in [-0.2, 0) is 4.74 Å². The number of rotatable bonds is 4. The number of fused-ring (bicyclic) bond motifs is 2. The van der Waals surface area contributed by atoms with Gasteiger partial charge < -0.3 is 44.8 Å². The molecule has 0 radical (unpaired) electrons. The molecule has 33 heavy (non-hydrogen) atoms. The molecule has 11 heteroatoms. The van der Waals surface area contributed by atoms with Crippen molar-refractivity contribution in [3.05, 3.63) is 46.0 Å². The first-order valence-electron chi connectivity index (χ1n) is 9.96. The van der Waals surface area contributed by atoms with Crippen LogP contribution in [0.2, 0.25) is 0 Å². The topological polar surface area (TPSA) is 183 Å². The SMILES string of the molecule is COc1c(C)c(O)c2c(c1O)C(=O)c1cccc(OC3OC(CO)C(O)C(O)C3O)c1C2=O. The molecule has 4 rings (SSSR count). The van der Waals surface area contributed by atoms with Gasteiger partial charge in [-0.05, 0) is 13.0 Å². The van der Waals surface area contributed by atoms with Crippen LogP contribution < -0.4 is 9.47 Å². The van der Waals surface area contributed by atoms with Gasteiger partial charge in [-0.2, -0.15) is 0 Å². The molecule has 5 unspecified atom stereocenters. The van der Waals surface area contributed by atoms with Crippen LogP contribution in [0.5, 0.6) is 23.0 Å². The average molecular weight is 462 g/mol. The summed E-state index contributed by atoms with van der Waals surface area (Å²) in [5.74, 6) is -3.11. The fourth-order valence-electron chi connectivity index (χ4n) is 4.12. The molecule has 176 valence electrons. The quantitative estimate of drug-likeness (QED) is 0.271. The normalized spacial score (nSPS) is 26.5. The number of aliphatic hydroxyl groups is 4. The summed E-state index contributed by atoms with van der Waals surface area (Å²) in [6.07, 6.45) is -7.92. The van der Waals surface area contributed by atoms with Gasteiger partial charge in [-0.15, -0.1) is 0 Å². The van der Waals surface area contributed by atoms with Crippen molar-refractivity contribution in [2.75, 3.05) is 13.7 Å². The number of benzene rings is 2. The van der Waals surface area contributed by atoms with E-state index in [1.54, 1.807) is 0 Å². The van der Waals surface area contributed by atoms with Crippen molar-refractivity contribution in [1.29, 1.82) is 0 Å². The van der Waals surface area contributed by atoms with E-state index in [0.29, 0.717) is 0 Å². The summed E-state index contributed by atoms with van der Waals surface area (Å²) in [7, 11) is 1.24. The number of methoxy groups -OCH3 is 1. The Morgan fingerprint density at radius 3 is 2.24 bits per heavy atom. The lowest BCUT2D eigenvalue weighted by atomic mass is 9.81. The Bertz CT molecular complexity index is 1140. The molecule has 5 atom stereocenters. The number of carbonyl (C=O) groups is 2. The summed E-state index contributed by atoms with van der Waals surface area (Å²) in [5, 5.41) is 60.7. The van der Waals surface area contributed by atoms with Gasteiger partial charge in [0.1, 0.15) is 35.9 Å². The van der Waals surface area contributed by atoms with Crippen molar-refractivity contribution in [1.82, 2.24) is 0 Å². The third kappa shape index (κ3) is 3.33. The van der Waals surface area contributed by atoms with Crippen LogP contribution >= 0.6 is 0 Å². The van der Waals surface area contributed by atoms with E-state index in [-0.39, 0.29) is 28.2 Å². The van der Waals surface area contributed by atoms with Crippen LogP contribution in [0.15, 0.2) is 18.2 Å². The second kappa shape index (κ2) is 8.28. The van der Waals surface area contributed by atoms with Crippen LogP contribution in [0.1, 0.15) is 37.4 Å². The molecule has 0 aromatic heterocycles. The lowest BCUT2D eigenvalue weighted by Crippen LogP contribution is -2.60. The second-order valence-corrected chi connectivity index (χ2v) is 7.76. The van der Waals surface area contributed by atoms with Crippen LogP contribution in [0.4, 0.5) is 0 Å². The van der Waals surface area contributed by atoms with Crippen LogP contribution in [0, 0.1) is 6.92 Å². The fraction of sp³-hybridized carbons (Fsp3) is 0.364. The van der Waals surface area contributed by atoms with Crippen LogP contribution in [-0.4, -0.2) is 86.6 Å². The largest absolute Gasteiger partial charge is 0.507 e. The average Bonchev–Trinajstić information content (AvgIpc) is 2.80.